The van der Waals surface area contributed by atoms with Gasteiger partial charge in [0.25, 0.3) is 0 Å². The average Bonchev–Trinajstić information content (AvgIpc) is 2.38. The summed E-state index contributed by atoms with van der Waals surface area (Å²) in [7, 11) is 3.70. The van der Waals surface area contributed by atoms with Crippen molar-refractivity contribution in [2.24, 2.45) is 0 Å². The molecule has 96 valence electrons. The average molecular weight is 237 g/mol. The fourth-order valence-electron chi connectivity index (χ4n) is 1.80. The second-order valence-corrected chi connectivity index (χ2v) is 4.01. The maximum Gasteiger partial charge on any atom is 0.119 e. The second kappa shape index (κ2) is 8.09. The van der Waals surface area contributed by atoms with Gasteiger partial charge in [-0.05, 0) is 31.2 Å². The van der Waals surface area contributed by atoms with Gasteiger partial charge in [0, 0.05) is 26.2 Å². The van der Waals surface area contributed by atoms with Crippen LogP contribution < -0.4 is 10.1 Å². The molecule has 1 atom stereocenters. The fraction of sp³-hybridized carbons (Fsp3) is 0.571. The lowest BCUT2D eigenvalue weighted by Gasteiger charge is -2.14. The molecule has 0 fully saturated rings. The Kier molecular flexibility index (Phi) is 6.67. The van der Waals surface area contributed by atoms with E-state index < -0.39 is 0 Å². The third kappa shape index (κ3) is 4.75. The summed E-state index contributed by atoms with van der Waals surface area (Å²) in [6.07, 6.45) is 2.01. The highest BCUT2D eigenvalue weighted by Crippen LogP contribution is 2.19. The van der Waals surface area contributed by atoms with Gasteiger partial charge in [-0.15, -0.1) is 0 Å². The van der Waals surface area contributed by atoms with Crippen LogP contribution in [0.1, 0.15) is 31.4 Å². The van der Waals surface area contributed by atoms with E-state index in [1.165, 1.54) is 5.56 Å². The van der Waals surface area contributed by atoms with Crippen molar-refractivity contribution >= 4 is 0 Å². The first-order valence-electron chi connectivity index (χ1n) is 6.20. The SMILES string of the molecule is CCC(NC)c1ccc(OCCCOC)cc1. The number of methoxy groups -OCH3 is 1. The molecule has 0 aliphatic carbocycles. The van der Waals surface area contributed by atoms with Gasteiger partial charge in [0.2, 0.25) is 0 Å². The third-order valence-corrected chi connectivity index (χ3v) is 2.80. The van der Waals surface area contributed by atoms with Crippen molar-refractivity contribution in [3.8, 4) is 5.75 Å². The van der Waals surface area contributed by atoms with E-state index in [4.69, 9.17) is 9.47 Å². The molecule has 0 amide bonds. The molecule has 1 unspecified atom stereocenters. The van der Waals surface area contributed by atoms with Crippen LogP contribution in [0.5, 0.6) is 5.75 Å². The van der Waals surface area contributed by atoms with Gasteiger partial charge in [-0.2, -0.15) is 0 Å². The van der Waals surface area contributed by atoms with Gasteiger partial charge in [-0.3, -0.25) is 0 Å². The van der Waals surface area contributed by atoms with E-state index in [1.807, 2.05) is 19.2 Å². The third-order valence-electron chi connectivity index (χ3n) is 2.80. The van der Waals surface area contributed by atoms with Crippen LogP contribution in [0.15, 0.2) is 24.3 Å². The highest BCUT2D eigenvalue weighted by Gasteiger charge is 2.05. The quantitative estimate of drug-likeness (QED) is 0.705. The van der Waals surface area contributed by atoms with Gasteiger partial charge in [0.15, 0.2) is 0 Å². The minimum Gasteiger partial charge on any atom is -0.494 e. The summed E-state index contributed by atoms with van der Waals surface area (Å²) >= 11 is 0. The van der Waals surface area contributed by atoms with Crippen LogP contribution in [0.3, 0.4) is 0 Å². The van der Waals surface area contributed by atoms with Crippen molar-refractivity contribution in [3.63, 3.8) is 0 Å². The zero-order valence-electron chi connectivity index (χ0n) is 11.0. The van der Waals surface area contributed by atoms with Crippen LogP contribution in [0.25, 0.3) is 0 Å². The Balaban J connectivity index is 2.44. The predicted octanol–water partition coefficient (Wildman–Crippen LogP) is 2.77. The Morgan fingerprint density at radius 2 is 1.88 bits per heavy atom. The van der Waals surface area contributed by atoms with E-state index in [2.05, 4.69) is 24.4 Å². The lowest BCUT2D eigenvalue weighted by atomic mass is 10.1. The smallest absolute Gasteiger partial charge is 0.119 e. The van der Waals surface area contributed by atoms with Crippen molar-refractivity contribution in [1.82, 2.24) is 5.32 Å². The molecule has 0 saturated heterocycles. The van der Waals surface area contributed by atoms with E-state index in [1.54, 1.807) is 7.11 Å². The first-order chi connectivity index (χ1) is 8.31. The molecule has 0 aromatic heterocycles. The van der Waals surface area contributed by atoms with Gasteiger partial charge >= 0.3 is 0 Å². The Hall–Kier alpha value is -1.06. The molecule has 0 saturated carbocycles. The van der Waals surface area contributed by atoms with Crippen LogP contribution >= 0.6 is 0 Å². The highest BCUT2D eigenvalue weighted by atomic mass is 16.5. The van der Waals surface area contributed by atoms with Gasteiger partial charge in [0.1, 0.15) is 5.75 Å². The van der Waals surface area contributed by atoms with Crippen molar-refractivity contribution < 1.29 is 9.47 Å². The van der Waals surface area contributed by atoms with Crippen LogP contribution in [0, 0.1) is 0 Å². The molecule has 1 aromatic rings. The van der Waals surface area contributed by atoms with Crippen LogP contribution in [0.2, 0.25) is 0 Å². The Morgan fingerprint density at radius 3 is 2.41 bits per heavy atom. The number of hydrogen-bond donors (Lipinski definition) is 1. The minimum absolute atomic E-state index is 0.428. The summed E-state index contributed by atoms with van der Waals surface area (Å²) in [4.78, 5) is 0. The van der Waals surface area contributed by atoms with Crippen LogP contribution in [0.4, 0.5) is 0 Å². The molecule has 17 heavy (non-hydrogen) atoms. The first-order valence-corrected chi connectivity index (χ1v) is 6.20. The van der Waals surface area contributed by atoms with Gasteiger partial charge in [-0.1, -0.05) is 19.1 Å². The lowest BCUT2D eigenvalue weighted by Crippen LogP contribution is -2.14. The molecule has 0 radical (unpaired) electrons. The number of benzene rings is 1. The molecule has 3 heteroatoms. The molecule has 3 nitrogen and oxygen atoms in total. The van der Waals surface area contributed by atoms with Crippen LogP contribution in [-0.4, -0.2) is 27.4 Å². The Morgan fingerprint density at radius 1 is 1.18 bits per heavy atom. The lowest BCUT2D eigenvalue weighted by molar-refractivity contribution is 0.172. The number of hydrogen-bond acceptors (Lipinski definition) is 3. The van der Waals surface area contributed by atoms with Crippen molar-refractivity contribution in [2.75, 3.05) is 27.4 Å². The molecule has 1 N–H and O–H groups in total. The topological polar surface area (TPSA) is 30.5 Å². The molecule has 1 rings (SSSR count). The van der Waals surface area contributed by atoms with E-state index in [0.29, 0.717) is 12.6 Å². The van der Waals surface area contributed by atoms with Gasteiger partial charge < -0.3 is 14.8 Å². The molecule has 0 spiro atoms. The van der Waals surface area contributed by atoms with Crippen LogP contribution in [-0.2, 0) is 4.74 Å². The Bertz CT molecular complexity index is 294. The maximum absolute atomic E-state index is 5.61. The van der Waals surface area contributed by atoms with E-state index >= 15 is 0 Å². The van der Waals surface area contributed by atoms with Crippen molar-refractivity contribution in [3.05, 3.63) is 29.8 Å². The van der Waals surface area contributed by atoms with Crippen molar-refractivity contribution in [1.29, 1.82) is 0 Å². The molecule has 0 bridgehead atoms. The predicted molar refractivity (Wildman–Crippen MR) is 70.5 cm³/mol. The molecular weight excluding hydrogens is 214 g/mol. The standard InChI is InChI=1S/C14H23NO2/c1-4-14(15-2)12-6-8-13(9-7-12)17-11-5-10-16-3/h6-9,14-15H,4-5,10-11H2,1-3H3. The van der Waals surface area contributed by atoms with E-state index in [9.17, 15) is 0 Å². The normalized spacial score (nSPS) is 12.4. The number of rotatable bonds is 8. The zero-order chi connectivity index (χ0) is 12.5. The largest absolute Gasteiger partial charge is 0.494 e. The molecule has 0 aliphatic rings. The summed E-state index contributed by atoms with van der Waals surface area (Å²) in [6.45, 7) is 3.63. The molecule has 1 aromatic carbocycles. The van der Waals surface area contributed by atoms with E-state index in [-0.39, 0.29) is 0 Å². The van der Waals surface area contributed by atoms with Gasteiger partial charge in [-0.25, -0.2) is 0 Å². The molecular formula is C14H23NO2. The summed E-state index contributed by atoms with van der Waals surface area (Å²) in [5.41, 5.74) is 1.30. The Labute approximate surface area is 104 Å². The van der Waals surface area contributed by atoms with Crippen molar-refractivity contribution in [2.45, 2.75) is 25.8 Å². The first kappa shape index (κ1) is 14.0. The zero-order valence-corrected chi connectivity index (χ0v) is 11.0. The molecule has 0 heterocycles. The number of ether oxygens (including phenoxy) is 2. The maximum atomic E-state index is 5.61. The summed E-state index contributed by atoms with van der Waals surface area (Å²) in [5.74, 6) is 0.927. The van der Waals surface area contributed by atoms with Gasteiger partial charge in [0.05, 0.1) is 6.61 Å². The highest BCUT2D eigenvalue weighted by molar-refractivity contribution is 5.29. The molecule has 0 aliphatic heterocycles. The second-order valence-electron chi connectivity index (χ2n) is 4.01. The summed E-state index contributed by atoms with van der Waals surface area (Å²) in [6, 6.07) is 8.73. The minimum atomic E-state index is 0.428. The summed E-state index contributed by atoms with van der Waals surface area (Å²) < 4.78 is 10.6. The van der Waals surface area contributed by atoms with E-state index in [0.717, 1.165) is 25.2 Å². The summed E-state index contributed by atoms with van der Waals surface area (Å²) in [5, 5.41) is 3.29. The monoisotopic (exact) mass is 237 g/mol. The fourth-order valence-corrected chi connectivity index (χ4v) is 1.80. The number of nitrogens with one attached hydrogen (secondary N) is 1.